The first-order chi connectivity index (χ1) is 9.19. The molecule has 0 spiro atoms. The Balaban J connectivity index is 1.91. The molecule has 5 heteroatoms. The largest absolute Gasteiger partial charge is 0.393 e. The lowest BCUT2D eigenvalue weighted by Crippen LogP contribution is -2.38. The Bertz CT molecular complexity index is 492. The van der Waals surface area contributed by atoms with Crippen molar-refractivity contribution in [3.05, 3.63) is 21.9 Å². The van der Waals surface area contributed by atoms with Crippen LogP contribution in [0.1, 0.15) is 40.2 Å². The molecule has 0 aliphatic heterocycles. The molecule has 0 bridgehead atoms. The highest BCUT2D eigenvalue weighted by Crippen LogP contribution is 2.20. The molecule has 1 amide bonds. The van der Waals surface area contributed by atoms with Crippen LogP contribution >= 0.6 is 11.3 Å². The normalized spacial score (nSPS) is 22.4. The van der Waals surface area contributed by atoms with Gasteiger partial charge in [-0.25, -0.2) is 0 Å². The Morgan fingerprint density at radius 2 is 2.11 bits per heavy atom. The maximum absolute atomic E-state index is 12.0. The summed E-state index contributed by atoms with van der Waals surface area (Å²) in [5, 5.41) is 21.0. The smallest absolute Gasteiger partial charge is 0.261 e. The Morgan fingerprint density at radius 3 is 2.79 bits per heavy atom. The van der Waals surface area contributed by atoms with Crippen LogP contribution in [0.15, 0.2) is 12.1 Å². The zero-order chi connectivity index (χ0) is 13.7. The van der Waals surface area contributed by atoms with Crippen LogP contribution in [0, 0.1) is 11.8 Å². The summed E-state index contributed by atoms with van der Waals surface area (Å²) in [7, 11) is 0. The van der Waals surface area contributed by atoms with Crippen molar-refractivity contribution in [3.63, 3.8) is 0 Å². The summed E-state index contributed by atoms with van der Waals surface area (Å²) in [6.45, 7) is -0.177. The maximum atomic E-state index is 12.0. The summed E-state index contributed by atoms with van der Waals surface area (Å²) in [4.78, 5) is 13.4. The van der Waals surface area contributed by atoms with Crippen LogP contribution in [0.4, 0.5) is 0 Å². The van der Waals surface area contributed by atoms with E-state index in [0.717, 1.165) is 30.6 Å². The van der Waals surface area contributed by atoms with Crippen LogP contribution in [0.2, 0.25) is 0 Å². The van der Waals surface area contributed by atoms with Crippen molar-refractivity contribution in [1.29, 1.82) is 0 Å². The van der Waals surface area contributed by atoms with E-state index in [1.54, 1.807) is 12.1 Å². The highest BCUT2D eigenvalue weighted by Gasteiger charge is 2.21. The van der Waals surface area contributed by atoms with Crippen molar-refractivity contribution in [2.45, 2.75) is 37.8 Å². The Hall–Kier alpha value is -1.35. The Labute approximate surface area is 116 Å². The van der Waals surface area contributed by atoms with Gasteiger partial charge >= 0.3 is 0 Å². The number of nitrogens with one attached hydrogen (secondary N) is 1. The van der Waals surface area contributed by atoms with Gasteiger partial charge in [0.2, 0.25) is 0 Å². The van der Waals surface area contributed by atoms with Gasteiger partial charge in [0, 0.05) is 6.04 Å². The highest BCUT2D eigenvalue weighted by molar-refractivity contribution is 7.14. The summed E-state index contributed by atoms with van der Waals surface area (Å²) in [6.07, 6.45) is 2.95. The lowest BCUT2D eigenvalue weighted by molar-refractivity contribution is 0.0871. The van der Waals surface area contributed by atoms with Crippen LogP contribution in [-0.2, 0) is 0 Å². The summed E-state index contributed by atoms with van der Waals surface area (Å²) in [5.74, 6) is 5.26. The van der Waals surface area contributed by atoms with Crippen LogP contribution in [0.25, 0.3) is 0 Å². The molecular weight excluding hydrogens is 262 g/mol. The molecule has 19 heavy (non-hydrogen) atoms. The number of amides is 1. The van der Waals surface area contributed by atoms with E-state index in [1.807, 2.05) is 0 Å². The number of hydrogen-bond donors (Lipinski definition) is 3. The predicted molar refractivity (Wildman–Crippen MR) is 74.0 cm³/mol. The molecule has 0 atom stereocenters. The fourth-order valence-electron chi connectivity index (χ4n) is 2.13. The van der Waals surface area contributed by atoms with Crippen molar-refractivity contribution in [1.82, 2.24) is 5.32 Å². The molecule has 1 aliphatic carbocycles. The first-order valence-electron chi connectivity index (χ1n) is 6.37. The van der Waals surface area contributed by atoms with E-state index in [0.29, 0.717) is 4.88 Å². The zero-order valence-corrected chi connectivity index (χ0v) is 11.4. The lowest BCUT2D eigenvalue weighted by Gasteiger charge is -2.25. The number of carbonyl (C=O) groups is 1. The summed E-state index contributed by atoms with van der Waals surface area (Å²) in [5.41, 5.74) is 0. The summed E-state index contributed by atoms with van der Waals surface area (Å²) in [6, 6.07) is 3.69. The van der Waals surface area contributed by atoms with Crippen molar-refractivity contribution in [2.75, 3.05) is 6.61 Å². The molecule has 0 aromatic carbocycles. The van der Waals surface area contributed by atoms with Crippen LogP contribution in [0.5, 0.6) is 0 Å². The predicted octanol–water partition coefficient (Wildman–Crippen LogP) is 1.13. The van der Waals surface area contributed by atoms with E-state index in [2.05, 4.69) is 17.2 Å². The Kier molecular flexibility index (Phi) is 4.97. The van der Waals surface area contributed by atoms with E-state index in [4.69, 9.17) is 5.11 Å². The number of aliphatic hydroxyl groups excluding tert-OH is 2. The van der Waals surface area contributed by atoms with Gasteiger partial charge in [0.25, 0.3) is 5.91 Å². The molecule has 3 N–H and O–H groups in total. The third-order valence-corrected chi connectivity index (χ3v) is 4.15. The van der Waals surface area contributed by atoms with Gasteiger partial charge in [0.05, 0.1) is 15.9 Å². The molecule has 0 saturated heterocycles. The topological polar surface area (TPSA) is 69.6 Å². The number of hydrogen-bond acceptors (Lipinski definition) is 4. The maximum Gasteiger partial charge on any atom is 0.261 e. The second kappa shape index (κ2) is 6.71. The van der Waals surface area contributed by atoms with Gasteiger partial charge in [-0.05, 0) is 37.8 Å². The molecule has 0 unspecified atom stereocenters. The second-order valence-corrected chi connectivity index (χ2v) is 5.69. The van der Waals surface area contributed by atoms with Crippen LogP contribution < -0.4 is 5.32 Å². The minimum atomic E-state index is -0.213. The van der Waals surface area contributed by atoms with E-state index in [9.17, 15) is 9.90 Å². The molecule has 1 heterocycles. The molecule has 1 saturated carbocycles. The van der Waals surface area contributed by atoms with Crippen molar-refractivity contribution in [2.24, 2.45) is 0 Å². The fourth-order valence-corrected chi connectivity index (χ4v) is 2.91. The lowest BCUT2D eigenvalue weighted by atomic mass is 9.93. The Morgan fingerprint density at radius 1 is 1.37 bits per heavy atom. The first kappa shape index (κ1) is 14.1. The number of rotatable bonds is 2. The highest BCUT2D eigenvalue weighted by atomic mass is 32.1. The van der Waals surface area contributed by atoms with Crippen molar-refractivity contribution < 1.29 is 15.0 Å². The van der Waals surface area contributed by atoms with Gasteiger partial charge < -0.3 is 15.5 Å². The third kappa shape index (κ3) is 4.06. The monoisotopic (exact) mass is 279 g/mol. The van der Waals surface area contributed by atoms with E-state index >= 15 is 0 Å². The molecule has 1 aromatic heterocycles. The minimum absolute atomic E-state index is 0.0801. The zero-order valence-electron chi connectivity index (χ0n) is 10.6. The van der Waals surface area contributed by atoms with E-state index < -0.39 is 0 Å². The number of aliphatic hydroxyl groups is 2. The molecule has 4 nitrogen and oxygen atoms in total. The van der Waals surface area contributed by atoms with Gasteiger partial charge in [-0.15, -0.1) is 11.3 Å². The van der Waals surface area contributed by atoms with Crippen molar-refractivity contribution in [3.8, 4) is 11.8 Å². The molecular formula is C14H17NO3S. The van der Waals surface area contributed by atoms with Gasteiger partial charge in [-0.3, -0.25) is 4.79 Å². The second-order valence-electron chi connectivity index (χ2n) is 4.60. The van der Waals surface area contributed by atoms with Gasteiger partial charge in [0.1, 0.15) is 6.61 Å². The molecule has 2 rings (SSSR count). The van der Waals surface area contributed by atoms with E-state index in [1.165, 1.54) is 11.3 Å². The van der Waals surface area contributed by atoms with Crippen LogP contribution in [0.3, 0.4) is 0 Å². The standard InChI is InChI=1S/C14H17NO3S/c16-9-1-2-12-7-8-13(19-12)14(18)15-10-3-5-11(17)6-4-10/h7-8,10-11,16-17H,3-6,9H2,(H,15,18). The first-order valence-corrected chi connectivity index (χ1v) is 7.19. The minimum Gasteiger partial charge on any atom is -0.393 e. The summed E-state index contributed by atoms with van der Waals surface area (Å²) < 4.78 is 0. The van der Waals surface area contributed by atoms with Crippen LogP contribution in [-0.4, -0.2) is 34.9 Å². The molecule has 102 valence electrons. The average molecular weight is 279 g/mol. The quantitative estimate of drug-likeness (QED) is 0.711. The van der Waals surface area contributed by atoms with Gasteiger partial charge in [0.15, 0.2) is 0 Å². The molecule has 1 aliphatic rings. The van der Waals surface area contributed by atoms with Gasteiger partial charge in [-0.2, -0.15) is 0 Å². The van der Waals surface area contributed by atoms with Crippen molar-refractivity contribution >= 4 is 17.2 Å². The molecule has 0 radical (unpaired) electrons. The number of thiophene rings is 1. The fraction of sp³-hybridized carbons (Fsp3) is 0.500. The third-order valence-electron chi connectivity index (χ3n) is 3.15. The van der Waals surface area contributed by atoms with Gasteiger partial charge in [-0.1, -0.05) is 11.8 Å². The SMILES string of the molecule is O=C(NC1CCC(O)CC1)c1ccc(C#CCO)s1. The summed E-state index contributed by atoms with van der Waals surface area (Å²) >= 11 is 1.32. The molecule has 1 aromatic rings. The number of carbonyl (C=O) groups excluding carboxylic acids is 1. The molecule has 1 fully saturated rings. The average Bonchev–Trinajstić information content (AvgIpc) is 2.88. The van der Waals surface area contributed by atoms with E-state index in [-0.39, 0.29) is 24.7 Å².